The van der Waals surface area contributed by atoms with Gasteiger partial charge >= 0.3 is 0 Å². The van der Waals surface area contributed by atoms with Gasteiger partial charge in [-0.25, -0.2) is 0 Å². The van der Waals surface area contributed by atoms with E-state index in [0.717, 1.165) is 22.3 Å². The normalized spacial score (nSPS) is 17.2. The lowest BCUT2D eigenvalue weighted by Crippen LogP contribution is -2.30. The van der Waals surface area contributed by atoms with E-state index >= 15 is 0 Å². The fraction of sp³-hybridized carbons (Fsp3) is 0.267. The zero-order valence-corrected chi connectivity index (χ0v) is 21.4. The van der Waals surface area contributed by atoms with E-state index in [2.05, 4.69) is 0 Å². The number of hydrogen-bond donors (Lipinski definition) is 2. The van der Waals surface area contributed by atoms with Crippen LogP contribution in [0.4, 0.5) is 5.69 Å². The van der Waals surface area contributed by atoms with Crippen LogP contribution in [-0.2, 0) is 9.59 Å². The molecule has 3 aromatic rings. The van der Waals surface area contributed by atoms with Crippen LogP contribution in [0.15, 0.2) is 60.2 Å². The van der Waals surface area contributed by atoms with Gasteiger partial charge in [-0.3, -0.25) is 14.5 Å². The predicted molar refractivity (Wildman–Crippen MR) is 141 cm³/mol. The van der Waals surface area contributed by atoms with Gasteiger partial charge < -0.3 is 14.9 Å². The number of aromatic hydroxyl groups is 1. The number of phenols is 1. The molecular formula is C30H31NO5. The Hall–Kier alpha value is -4.06. The van der Waals surface area contributed by atoms with Crippen molar-refractivity contribution < 1.29 is 24.5 Å². The third-order valence-electron chi connectivity index (χ3n) is 6.72. The fourth-order valence-corrected chi connectivity index (χ4v) is 4.86. The SMILES string of the molecule is COc1cc(C)c(/C(O)=C2\C(=O)C(=O)N(c3ccc(C)cc3C)C2c2ccc(O)cc2)cc1C(C)C. The Morgan fingerprint density at radius 3 is 2.19 bits per heavy atom. The summed E-state index contributed by atoms with van der Waals surface area (Å²) in [6.45, 7) is 9.72. The molecule has 0 bridgehead atoms. The van der Waals surface area contributed by atoms with E-state index in [1.807, 2.05) is 65.0 Å². The van der Waals surface area contributed by atoms with Crippen molar-refractivity contribution in [2.45, 2.75) is 46.6 Å². The molecule has 0 spiro atoms. The molecule has 1 heterocycles. The molecule has 3 aromatic carbocycles. The number of hydrogen-bond acceptors (Lipinski definition) is 5. The lowest BCUT2D eigenvalue weighted by atomic mass is 9.91. The average molecular weight is 486 g/mol. The number of carbonyl (C=O) groups excluding carboxylic acids is 2. The number of ketones is 1. The summed E-state index contributed by atoms with van der Waals surface area (Å²) < 4.78 is 5.53. The molecule has 0 aromatic heterocycles. The number of aliphatic hydroxyl groups is 1. The molecule has 2 N–H and O–H groups in total. The van der Waals surface area contributed by atoms with Gasteiger partial charge in [0, 0.05) is 11.3 Å². The molecule has 36 heavy (non-hydrogen) atoms. The van der Waals surface area contributed by atoms with Crippen molar-refractivity contribution in [1.82, 2.24) is 0 Å². The van der Waals surface area contributed by atoms with Gasteiger partial charge in [-0.15, -0.1) is 0 Å². The first kappa shape index (κ1) is 25.0. The fourth-order valence-electron chi connectivity index (χ4n) is 4.86. The van der Waals surface area contributed by atoms with Crippen molar-refractivity contribution in [2.75, 3.05) is 12.0 Å². The van der Waals surface area contributed by atoms with Crippen molar-refractivity contribution in [3.8, 4) is 11.5 Å². The molecule has 1 unspecified atom stereocenters. The second-order valence-electron chi connectivity index (χ2n) is 9.61. The highest BCUT2D eigenvalue weighted by atomic mass is 16.5. The van der Waals surface area contributed by atoms with Gasteiger partial charge in [0.2, 0.25) is 0 Å². The summed E-state index contributed by atoms with van der Waals surface area (Å²) in [5, 5.41) is 21.5. The number of anilines is 1. The molecule has 1 saturated heterocycles. The minimum absolute atomic E-state index is 0.00800. The van der Waals surface area contributed by atoms with Crippen molar-refractivity contribution in [2.24, 2.45) is 0 Å². The Balaban J connectivity index is 2.00. The van der Waals surface area contributed by atoms with Crippen LogP contribution in [0.3, 0.4) is 0 Å². The third kappa shape index (κ3) is 4.24. The topological polar surface area (TPSA) is 87.1 Å². The standard InChI is InChI=1S/C30H31NO5/c1-16(2)22-15-23(18(4)14-25(22)36-6)28(33)26-27(20-8-10-21(32)11-9-20)31(30(35)29(26)34)24-12-7-17(3)13-19(24)5/h7-16,27,32-33H,1-6H3/b28-26+. The number of aryl methyl sites for hydroxylation is 3. The Morgan fingerprint density at radius 2 is 1.61 bits per heavy atom. The molecule has 186 valence electrons. The highest BCUT2D eigenvalue weighted by Gasteiger charge is 2.47. The Labute approximate surface area is 211 Å². The quantitative estimate of drug-likeness (QED) is 0.260. The van der Waals surface area contributed by atoms with E-state index in [1.165, 1.54) is 17.0 Å². The van der Waals surface area contributed by atoms with E-state index in [0.29, 0.717) is 22.6 Å². The van der Waals surface area contributed by atoms with Gasteiger partial charge in [0.1, 0.15) is 17.3 Å². The van der Waals surface area contributed by atoms with Crippen LogP contribution in [0.5, 0.6) is 11.5 Å². The van der Waals surface area contributed by atoms with Crippen LogP contribution in [0.25, 0.3) is 5.76 Å². The van der Waals surface area contributed by atoms with Crippen LogP contribution in [0.2, 0.25) is 0 Å². The van der Waals surface area contributed by atoms with E-state index < -0.39 is 17.7 Å². The van der Waals surface area contributed by atoms with Crippen LogP contribution < -0.4 is 9.64 Å². The zero-order valence-electron chi connectivity index (χ0n) is 21.4. The first-order valence-corrected chi connectivity index (χ1v) is 11.9. The molecular weight excluding hydrogens is 454 g/mol. The third-order valence-corrected chi connectivity index (χ3v) is 6.72. The van der Waals surface area contributed by atoms with E-state index in [9.17, 15) is 19.8 Å². The van der Waals surface area contributed by atoms with Crippen molar-refractivity contribution in [3.63, 3.8) is 0 Å². The number of ether oxygens (including phenoxy) is 1. The maximum absolute atomic E-state index is 13.5. The number of methoxy groups -OCH3 is 1. The maximum Gasteiger partial charge on any atom is 0.300 e. The molecule has 1 aliphatic rings. The Bertz CT molecular complexity index is 1390. The molecule has 0 aliphatic carbocycles. The summed E-state index contributed by atoms with van der Waals surface area (Å²) >= 11 is 0. The molecule has 6 nitrogen and oxygen atoms in total. The summed E-state index contributed by atoms with van der Waals surface area (Å²) in [5.41, 5.74) is 5.14. The first-order chi connectivity index (χ1) is 17.0. The van der Waals surface area contributed by atoms with Crippen molar-refractivity contribution in [3.05, 3.63) is 93.6 Å². The number of carbonyl (C=O) groups is 2. The number of nitrogens with zero attached hydrogens (tertiary/aromatic N) is 1. The summed E-state index contributed by atoms with van der Waals surface area (Å²) in [7, 11) is 1.60. The minimum atomic E-state index is -0.865. The highest BCUT2D eigenvalue weighted by Crippen LogP contribution is 2.44. The number of benzene rings is 3. The van der Waals surface area contributed by atoms with Gasteiger partial charge in [0.25, 0.3) is 11.7 Å². The number of aliphatic hydroxyl groups excluding tert-OH is 1. The Morgan fingerprint density at radius 1 is 0.944 bits per heavy atom. The smallest absolute Gasteiger partial charge is 0.300 e. The van der Waals surface area contributed by atoms with Crippen LogP contribution in [0, 0.1) is 20.8 Å². The summed E-state index contributed by atoms with van der Waals surface area (Å²) in [5.74, 6) is -0.832. The first-order valence-electron chi connectivity index (χ1n) is 11.9. The second-order valence-corrected chi connectivity index (χ2v) is 9.61. The average Bonchev–Trinajstić information content (AvgIpc) is 3.09. The van der Waals surface area contributed by atoms with Gasteiger partial charge in [-0.05, 0) is 79.3 Å². The van der Waals surface area contributed by atoms with Crippen LogP contribution in [-0.4, -0.2) is 29.0 Å². The van der Waals surface area contributed by atoms with E-state index in [4.69, 9.17) is 4.74 Å². The predicted octanol–water partition coefficient (Wildman–Crippen LogP) is 6.08. The highest BCUT2D eigenvalue weighted by molar-refractivity contribution is 6.51. The van der Waals surface area contributed by atoms with Gasteiger partial charge in [-0.2, -0.15) is 0 Å². The van der Waals surface area contributed by atoms with Gasteiger partial charge in [-0.1, -0.05) is 43.7 Å². The molecule has 0 radical (unpaired) electrons. The largest absolute Gasteiger partial charge is 0.508 e. The number of amides is 1. The lowest BCUT2D eigenvalue weighted by molar-refractivity contribution is -0.132. The monoisotopic (exact) mass is 485 g/mol. The van der Waals surface area contributed by atoms with Crippen molar-refractivity contribution >= 4 is 23.1 Å². The summed E-state index contributed by atoms with van der Waals surface area (Å²) in [6.07, 6.45) is 0. The summed E-state index contributed by atoms with van der Waals surface area (Å²) in [4.78, 5) is 28.4. The van der Waals surface area contributed by atoms with Gasteiger partial charge in [0.05, 0.1) is 18.7 Å². The molecule has 0 saturated carbocycles. The molecule has 4 rings (SSSR count). The summed E-state index contributed by atoms with van der Waals surface area (Å²) in [6, 6.07) is 14.8. The van der Waals surface area contributed by atoms with Crippen LogP contribution in [0.1, 0.15) is 59.2 Å². The zero-order chi connectivity index (χ0) is 26.3. The molecule has 1 fully saturated rings. The minimum Gasteiger partial charge on any atom is -0.508 e. The number of rotatable bonds is 5. The van der Waals surface area contributed by atoms with Gasteiger partial charge in [0.15, 0.2) is 0 Å². The second kappa shape index (κ2) is 9.53. The number of Topliss-reactive ketones (excluding diaryl/α,β-unsaturated/α-hetero) is 1. The van der Waals surface area contributed by atoms with Crippen molar-refractivity contribution in [1.29, 1.82) is 0 Å². The molecule has 1 atom stereocenters. The van der Waals surface area contributed by atoms with E-state index in [-0.39, 0.29) is 23.0 Å². The van der Waals surface area contributed by atoms with E-state index in [1.54, 1.807) is 19.2 Å². The molecule has 1 amide bonds. The Kier molecular flexibility index (Phi) is 6.63. The lowest BCUT2D eigenvalue weighted by Gasteiger charge is -2.27. The molecule has 1 aliphatic heterocycles. The maximum atomic E-state index is 13.5. The number of phenolic OH excluding ortho intramolecular Hbond substituents is 1. The van der Waals surface area contributed by atoms with Crippen LogP contribution >= 0.6 is 0 Å². The molecule has 6 heteroatoms.